The third kappa shape index (κ3) is 7.01. The van der Waals surface area contributed by atoms with Gasteiger partial charge in [0.05, 0.1) is 38.6 Å². The van der Waals surface area contributed by atoms with Gasteiger partial charge in [-0.1, -0.05) is 91.0 Å². The van der Waals surface area contributed by atoms with Gasteiger partial charge in [0.25, 0.3) is 0 Å². The summed E-state index contributed by atoms with van der Waals surface area (Å²) in [6.45, 7) is 3.22. The molecular formula is C27H31NO3. The maximum atomic E-state index is 6.34. The molecule has 0 radical (unpaired) electrons. The zero-order valence-corrected chi connectivity index (χ0v) is 17.9. The Morgan fingerprint density at radius 3 is 1.65 bits per heavy atom. The lowest BCUT2D eigenvalue weighted by Gasteiger charge is -2.36. The zero-order valence-electron chi connectivity index (χ0n) is 17.9. The lowest BCUT2D eigenvalue weighted by atomic mass is 9.99. The molecule has 0 aliphatic carbocycles. The Kier molecular flexibility index (Phi) is 8.25. The van der Waals surface area contributed by atoms with Crippen molar-refractivity contribution in [3.8, 4) is 0 Å². The summed E-state index contributed by atoms with van der Waals surface area (Å²) in [5, 5.41) is 3.59. The first kappa shape index (κ1) is 21.7. The number of ether oxygens (including phenoxy) is 3. The molecule has 3 atom stereocenters. The number of nitrogens with one attached hydrogen (secondary N) is 1. The van der Waals surface area contributed by atoms with Gasteiger partial charge in [-0.05, 0) is 23.1 Å². The average molecular weight is 418 g/mol. The number of hydrogen-bond acceptors (Lipinski definition) is 4. The van der Waals surface area contributed by atoms with Gasteiger partial charge in [-0.2, -0.15) is 0 Å². The molecule has 4 heteroatoms. The third-order valence-corrected chi connectivity index (χ3v) is 5.58. The topological polar surface area (TPSA) is 39.7 Å². The molecule has 4 nitrogen and oxygen atoms in total. The van der Waals surface area contributed by atoms with Crippen molar-refractivity contribution in [1.82, 2.24) is 5.32 Å². The van der Waals surface area contributed by atoms with Gasteiger partial charge < -0.3 is 19.5 Å². The van der Waals surface area contributed by atoms with Crippen molar-refractivity contribution in [1.29, 1.82) is 0 Å². The van der Waals surface area contributed by atoms with Crippen LogP contribution >= 0.6 is 0 Å². The first-order valence-corrected chi connectivity index (χ1v) is 11.0. The summed E-state index contributed by atoms with van der Waals surface area (Å²) < 4.78 is 18.6. The molecule has 31 heavy (non-hydrogen) atoms. The molecule has 1 N–H and O–H groups in total. The van der Waals surface area contributed by atoms with E-state index in [0.29, 0.717) is 26.4 Å². The second kappa shape index (κ2) is 11.8. The van der Waals surface area contributed by atoms with Crippen LogP contribution < -0.4 is 5.32 Å². The fourth-order valence-corrected chi connectivity index (χ4v) is 3.85. The monoisotopic (exact) mass is 417 g/mol. The summed E-state index contributed by atoms with van der Waals surface area (Å²) in [7, 11) is 0. The van der Waals surface area contributed by atoms with Crippen molar-refractivity contribution in [2.45, 2.75) is 44.5 Å². The minimum Gasteiger partial charge on any atom is -0.375 e. The predicted octanol–water partition coefficient (Wildman–Crippen LogP) is 4.74. The molecule has 1 unspecified atom stereocenters. The highest BCUT2D eigenvalue weighted by Gasteiger charge is 2.32. The van der Waals surface area contributed by atoms with Gasteiger partial charge in [-0.3, -0.25) is 0 Å². The van der Waals surface area contributed by atoms with Gasteiger partial charge >= 0.3 is 0 Å². The molecule has 1 fully saturated rings. The Morgan fingerprint density at radius 2 is 1.10 bits per heavy atom. The van der Waals surface area contributed by atoms with E-state index in [-0.39, 0.29) is 18.2 Å². The molecule has 1 saturated heterocycles. The molecule has 3 aromatic rings. The van der Waals surface area contributed by atoms with Crippen molar-refractivity contribution in [3.05, 3.63) is 108 Å². The van der Waals surface area contributed by atoms with E-state index in [0.717, 1.165) is 13.0 Å². The van der Waals surface area contributed by atoms with Crippen LogP contribution in [0.2, 0.25) is 0 Å². The highest BCUT2D eigenvalue weighted by atomic mass is 16.5. The van der Waals surface area contributed by atoms with Crippen LogP contribution in [0.4, 0.5) is 0 Å². The van der Waals surface area contributed by atoms with Crippen molar-refractivity contribution in [2.24, 2.45) is 0 Å². The molecule has 1 aliphatic rings. The first-order chi connectivity index (χ1) is 15.4. The first-order valence-electron chi connectivity index (χ1n) is 11.0. The largest absolute Gasteiger partial charge is 0.375 e. The Balaban J connectivity index is 1.31. The molecule has 0 saturated carbocycles. The fraction of sp³-hybridized carbons (Fsp3) is 0.333. The van der Waals surface area contributed by atoms with Crippen molar-refractivity contribution >= 4 is 0 Å². The van der Waals surface area contributed by atoms with E-state index in [2.05, 4.69) is 41.7 Å². The molecule has 1 aliphatic heterocycles. The Hall–Kier alpha value is -2.50. The normalized spacial score (nSPS) is 21.1. The molecule has 3 aromatic carbocycles. The summed E-state index contributed by atoms with van der Waals surface area (Å²) >= 11 is 0. The van der Waals surface area contributed by atoms with Crippen molar-refractivity contribution < 1.29 is 14.2 Å². The minimum atomic E-state index is 0.00860. The van der Waals surface area contributed by atoms with Crippen LogP contribution in [0.1, 0.15) is 23.1 Å². The van der Waals surface area contributed by atoms with Gasteiger partial charge in [0.1, 0.15) is 0 Å². The Bertz CT molecular complexity index is 873. The number of piperidine rings is 1. The van der Waals surface area contributed by atoms with Gasteiger partial charge in [-0.25, -0.2) is 0 Å². The molecule has 1 heterocycles. The smallest absolute Gasteiger partial charge is 0.0966 e. The van der Waals surface area contributed by atoms with Gasteiger partial charge in [0.15, 0.2) is 0 Å². The van der Waals surface area contributed by atoms with E-state index in [4.69, 9.17) is 14.2 Å². The Morgan fingerprint density at radius 1 is 0.613 bits per heavy atom. The van der Waals surface area contributed by atoms with E-state index in [1.807, 2.05) is 54.6 Å². The summed E-state index contributed by atoms with van der Waals surface area (Å²) in [6, 6.07) is 31.2. The standard InChI is InChI=1S/C27H31NO3/c1-4-10-22(11-5-1)18-29-21-25-16-26(30-19-23-12-6-2-7-13-23)27(17-28-25)31-20-24-14-8-3-9-15-24/h1-15,25-28H,16-21H2/t25-,26?,27-/m0/s1. The van der Waals surface area contributed by atoms with Gasteiger partial charge in [0.2, 0.25) is 0 Å². The van der Waals surface area contributed by atoms with Gasteiger partial charge in [-0.15, -0.1) is 0 Å². The van der Waals surface area contributed by atoms with Crippen LogP contribution in [-0.4, -0.2) is 31.4 Å². The van der Waals surface area contributed by atoms with Crippen LogP contribution in [-0.2, 0) is 34.0 Å². The van der Waals surface area contributed by atoms with Crippen molar-refractivity contribution in [3.63, 3.8) is 0 Å². The molecular weight excluding hydrogens is 386 g/mol. The van der Waals surface area contributed by atoms with Crippen LogP contribution in [0.15, 0.2) is 91.0 Å². The quantitative estimate of drug-likeness (QED) is 0.517. The van der Waals surface area contributed by atoms with E-state index < -0.39 is 0 Å². The molecule has 0 aromatic heterocycles. The van der Waals surface area contributed by atoms with Gasteiger partial charge in [0, 0.05) is 12.6 Å². The van der Waals surface area contributed by atoms with E-state index >= 15 is 0 Å². The number of hydrogen-bond donors (Lipinski definition) is 1. The second-order valence-electron chi connectivity index (χ2n) is 8.01. The van der Waals surface area contributed by atoms with Crippen LogP contribution in [0.3, 0.4) is 0 Å². The maximum absolute atomic E-state index is 6.34. The average Bonchev–Trinajstić information content (AvgIpc) is 2.84. The molecule has 0 bridgehead atoms. The SMILES string of the molecule is c1ccc(COC[C@@H]2CC(OCc3ccccc3)[C@@H](OCc3ccccc3)CN2)cc1. The summed E-state index contributed by atoms with van der Waals surface area (Å²) in [5.74, 6) is 0. The highest BCUT2D eigenvalue weighted by Crippen LogP contribution is 2.20. The van der Waals surface area contributed by atoms with Crippen LogP contribution in [0.5, 0.6) is 0 Å². The summed E-state index contributed by atoms with van der Waals surface area (Å²) in [6.07, 6.45) is 0.894. The Labute approximate surface area is 185 Å². The van der Waals surface area contributed by atoms with Crippen LogP contribution in [0.25, 0.3) is 0 Å². The predicted molar refractivity (Wildman–Crippen MR) is 123 cm³/mol. The number of rotatable bonds is 10. The lowest BCUT2D eigenvalue weighted by Crippen LogP contribution is -2.53. The fourth-order valence-electron chi connectivity index (χ4n) is 3.85. The minimum absolute atomic E-state index is 0.00860. The summed E-state index contributed by atoms with van der Waals surface area (Å²) in [4.78, 5) is 0. The van der Waals surface area contributed by atoms with Crippen molar-refractivity contribution in [2.75, 3.05) is 13.2 Å². The second-order valence-corrected chi connectivity index (χ2v) is 8.01. The molecule has 162 valence electrons. The summed E-state index contributed by atoms with van der Waals surface area (Å²) in [5.41, 5.74) is 3.55. The molecule has 0 spiro atoms. The van der Waals surface area contributed by atoms with E-state index in [9.17, 15) is 0 Å². The third-order valence-electron chi connectivity index (χ3n) is 5.58. The lowest BCUT2D eigenvalue weighted by molar-refractivity contribution is -0.109. The zero-order chi connectivity index (χ0) is 21.1. The van der Waals surface area contributed by atoms with E-state index in [1.54, 1.807) is 0 Å². The highest BCUT2D eigenvalue weighted by molar-refractivity contribution is 5.15. The maximum Gasteiger partial charge on any atom is 0.0966 e. The molecule has 0 amide bonds. The van der Waals surface area contributed by atoms with Crippen LogP contribution in [0, 0.1) is 0 Å². The van der Waals surface area contributed by atoms with E-state index in [1.165, 1.54) is 16.7 Å². The number of benzene rings is 3. The molecule has 4 rings (SSSR count).